The molecule has 0 unspecified atom stereocenters. The largest absolute Gasteiger partial charge is 0.573 e. The first kappa shape index (κ1) is 29.8. The predicted molar refractivity (Wildman–Crippen MR) is 131 cm³/mol. The molecule has 36 heavy (non-hydrogen) atoms. The van der Waals surface area contributed by atoms with Gasteiger partial charge in [-0.25, -0.2) is 13.2 Å². The van der Waals surface area contributed by atoms with Crippen LogP contribution < -0.4 is 9.47 Å². The third kappa shape index (κ3) is 8.90. The summed E-state index contributed by atoms with van der Waals surface area (Å²) in [5, 5.41) is 0. The number of esters is 1. The molecule has 0 aromatic heterocycles. The van der Waals surface area contributed by atoms with Crippen molar-refractivity contribution in [1.82, 2.24) is 4.31 Å². The highest BCUT2D eigenvalue weighted by atomic mass is 32.2. The van der Waals surface area contributed by atoms with Crippen LogP contribution in [0.5, 0.6) is 11.5 Å². The SMILES string of the molecule is CCCN(CCSc1ccc(OCC(=O)OCC)c(C)c1)S(=O)(=O)c1ccc(OC(F)(F)F)cc1C. The Balaban J connectivity index is 2.05. The molecule has 0 heterocycles. The van der Waals surface area contributed by atoms with Crippen LogP contribution in [0.2, 0.25) is 0 Å². The zero-order chi connectivity index (χ0) is 26.9. The number of thioether (sulfide) groups is 1. The third-order valence-corrected chi connectivity index (χ3v) is 7.91. The molecule has 2 rings (SSSR count). The van der Waals surface area contributed by atoms with E-state index in [2.05, 4.69) is 4.74 Å². The Morgan fingerprint density at radius 3 is 2.33 bits per heavy atom. The highest BCUT2D eigenvalue weighted by molar-refractivity contribution is 7.99. The molecule has 2 aromatic rings. The first-order chi connectivity index (χ1) is 16.9. The van der Waals surface area contributed by atoms with Crippen molar-refractivity contribution in [3.8, 4) is 11.5 Å². The summed E-state index contributed by atoms with van der Waals surface area (Å²) in [6, 6.07) is 8.65. The van der Waals surface area contributed by atoms with Crippen LogP contribution in [0.25, 0.3) is 0 Å². The highest BCUT2D eigenvalue weighted by Crippen LogP contribution is 2.29. The van der Waals surface area contributed by atoms with Gasteiger partial charge in [0.25, 0.3) is 0 Å². The van der Waals surface area contributed by atoms with Crippen LogP contribution in [0.4, 0.5) is 13.2 Å². The van der Waals surface area contributed by atoms with E-state index in [0.717, 1.165) is 28.7 Å². The van der Waals surface area contributed by atoms with Crippen LogP contribution in [0, 0.1) is 13.8 Å². The second kappa shape index (κ2) is 13.2. The molecule has 0 bridgehead atoms. The van der Waals surface area contributed by atoms with E-state index in [9.17, 15) is 26.4 Å². The molecule has 0 spiro atoms. The fourth-order valence-electron chi connectivity index (χ4n) is 3.33. The summed E-state index contributed by atoms with van der Waals surface area (Å²) >= 11 is 1.46. The average Bonchev–Trinajstić information content (AvgIpc) is 2.77. The number of halogens is 3. The molecule has 0 aliphatic rings. The van der Waals surface area contributed by atoms with Gasteiger partial charge in [0.15, 0.2) is 6.61 Å². The molecule has 0 N–H and O–H groups in total. The van der Waals surface area contributed by atoms with E-state index in [4.69, 9.17) is 9.47 Å². The van der Waals surface area contributed by atoms with Gasteiger partial charge in [-0.1, -0.05) is 6.92 Å². The van der Waals surface area contributed by atoms with Crippen LogP contribution in [0.15, 0.2) is 46.2 Å². The van der Waals surface area contributed by atoms with E-state index < -0.39 is 28.1 Å². The van der Waals surface area contributed by atoms with Gasteiger partial charge in [0.1, 0.15) is 11.5 Å². The molecule has 0 aliphatic heterocycles. The summed E-state index contributed by atoms with van der Waals surface area (Å²) in [6.45, 7) is 7.40. The summed E-state index contributed by atoms with van der Waals surface area (Å²) in [7, 11) is -3.92. The van der Waals surface area contributed by atoms with Crippen LogP contribution in [0.3, 0.4) is 0 Å². The number of hydrogen-bond donors (Lipinski definition) is 0. The number of carbonyl (C=O) groups excluding carboxylic acids is 1. The number of carbonyl (C=O) groups is 1. The molecule has 7 nitrogen and oxygen atoms in total. The second-order valence-corrected chi connectivity index (χ2v) is 10.8. The predicted octanol–water partition coefficient (Wildman–Crippen LogP) is 5.34. The molecule has 200 valence electrons. The Kier molecular flexibility index (Phi) is 10.9. The van der Waals surface area contributed by atoms with Crippen LogP contribution in [-0.4, -0.2) is 57.1 Å². The van der Waals surface area contributed by atoms with E-state index in [1.165, 1.54) is 23.0 Å². The Morgan fingerprint density at radius 2 is 1.75 bits per heavy atom. The van der Waals surface area contributed by atoms with Crippen molar-refractivity contribution in [2.45, 2.75) is 50.3 Å². The van der Waals surface area contributed by atoms with Crippen LogP contribution >= 0.6 is 11.8 Å². The molecule has 0 fully saturated rings. The van der Waals surface area contributed by atoms with E-state index in [1.54, 1.807) is 13.0 Å². The first-order valence-electron chi connectivity index (χ1n) is 11.3. The fraction of sp³-hybridized carbons (Fsp3) is 0.458. The number of sulfonamides is 1. The van der Waals surface area contributed by atoms with Gasteiger partial charge in [-0.15, -0.1) is 24.9 Å². The molecule has 0 atom stereocenters. The summed E-state index contributed by atoms with van der Waals surface area (Å²) in [6.07, 6.45) is -4.29. The standard InChI is InChI=1S/C24H30F3NO6S2/c1-5-11-28(36(30,31)22-10-7-19(14-18(22)4)34-24(25,26)27)12-13-35-20-8-9-21(17(3)15-20)33-16-23(29)32-6-2/h7-10,14-15H,5-6,11-13,16H2,1-4H3. The van der Waals surface area contributed by atoms with Gasteiger partial charge in [0, 0.05) is 23.7 Å². The first-order valence-corrected chi connectivity index (χ1v) is 13.7. The number of benzene rings is 2. The van der Waals surface area contributed by atoms with Crippen molar-refractivity contribution >= 4 is 27.8 Å². The average molecular weight is 550 g/mol. The highest BCUT2D eigenvalue weighted by Gasteiger charge is 2.32. The van der Waals surface area contributed by atoms with Gasteiger partial charge in [0.05, 0.1) is 11.5 Å². The smallest absolute Gasteiger partial charge is 0.482 e. The zero-order valence-corrected chi connectivity index (χ0v) is 22.2. The van der Waals surface area contributed by atoms with E-state index in [1.807, 2.05) is 26.0 Å². The minimum atomic E-state index is -4.86. The van der Waals surface area contributed by atoms with Gasteiger partial charge in [0.2, 0.25) is 10.0 Å². The van der Waals surface area contributed by atoms with Crippen molar-refractivity contribution in [3.63, 3.8) is 0 Å². The number of rotatable bonds is 13. The van der Waals surface area contributed by atoms with Crippen LogP contribution in [-0.2, 0) is 19.6 Å². The summed E-state index contributed by atoms with van der Waals surface area (Å²) in [4.78, 5) is 12.3. The van der Waals surface area contributed by atoms with E-state index in [-0.39, 0.29) is 36.8 Å². The number of alkyl halides is 3. The van der Waals surface area contributed by atoms with Crippen molar-refractivity contribution in [1.29, 1.82) is 0 Å². The molecule has 12 heteroatoms. The molecule has 2 aromatic carbocycles. The minimum absolute atomic E-state index is 0.0607. The Labute approximate surface area is 214 Å². The van der Waals surface area contributed by atoms with E-state index in [0.29, 0.717) is 17.9 Å². The maximum Gasteiger partial charge on any atom is 0.573 e. The fourth-order valence-corrected chi connectivity index (χ4v) is 6.15. The molecule has 0 saturated heterocycles. The summed E-state index contributed by atoms with van der Waals surface area (Å²) in [5.74, 6) is 0.0821. The van der Waals surface area contributed by atoms with Crippen molar-refractivity contribution < 1.29 is 40.6 Å². The van der Waals surface area contributed by atoms with Crippen molar-refractivity contribution in [2.24, 2.45) is 0 Å². The number of ether oxygens (including phenoxy) is 3. The van der Waals surface area contributed by atoms with Gasteiger partial charge < -0.3 is 14.2 Å². The molecule has 0 radical (unpaired) electrons. The monoisotopic (exact) mass is 549 g/mol. The van der Waals surface area contributed by atoms with Gasteiger partial charge in [-0.05, 0) is 74.7 Å². The van der Waals surface area contributed by atoms with E-state index >= 15 is 0 Å². The quantitative estimate of drug-likeness (QED) is 0.247. The number of nitrogens with zero attached hydrogens (tertiary/aromatic N) is 1. The molecular formula is C24H30F3NO6S2. The van der Waals surface area contributed by atoms with Gasteiger partial charge in [-0.2, -0.15) is 4.31 Å². The Bertz CT molecular complexity index is 1140. The topological polar surface area (TPSA) is 82.1 Å². The maximum atomic E-state index is 13.3. The zero-order valence-electron chi connectivity index (χ0n) is 20.6. The van der Waals surface area contributed by atoms with Gasteiger partial charge >= 0.3 is 12.3 Å². The lowest BCUT2D eigenvalue weighted by molar-refractivity contribution is -0.274. The van der Waals surface area contributed by atoms with Crippen molar-refractivity contribution in [2.75, 3.05) is 32.1 Å². The summed E-state index contributed by atoms with van der Waals surface area (Å²) < 4.78 is 79.5. The lowest BCUT2D eigenvalue weighted by atomic mass is 10.2. The Hall–Kier alpha value is -2.44. The molecule has 0 amide bonds. The maximum absolute atomic E-state index is 13.3. The normalized spacial score (nSPS) is 12.0. The lowest BCUT2D eigenvalue weighted by Crippen LogP contribution is -2.34. The number of aryl methyl sites for hydroxylation is 2. The molecule has 0 aliphatic carbocycles. The van der Waals surface area contributed by atoms with Crippen LogP contribution in [0.1, 0.15) is 31.4 Å². The molecule has 0 saturated carbocycles. The molecular weight excluding hydrogens is 519 g/mol. The van der Waals surface area contributed by atoms with Gasteiger partial charge in [-0.3, -0.25) is 0 Å². The number of hydrogen-bond acceptors (Lipinski definition) is 7. The minimum Gasteiger partial charge on any atom is -0.482 e. The second-order valence-electron chi connectivity index (χ2n) is 7.75. The summed E-state index contributed by atoms with van der Waals surface area (Å²) in [5.41, 5.74) is 0.985. The third-order valence-electron chi connectivity index (χ3n) is 4.88. The lowest BCUT2D eigenvalue weighted by Gasteiger charge is -2.23. The Morgan fingerprint density at radius 1 is 1.03 bits per heavy atom. The van der Waals surface area contributed by atoms with Crippen molar-refractivity contribution in [3.05, 3.63) is 47.5 Å².